The molecule has 1 rings (SSSR count). The summed E-state index contributed by atoms with van der Waals surface area (Å²) >= 11 is 0. The van der Waals surface area contributed by atoms with Gasteiger partial charge in [-0.1, -0.05) is 13.0 Å². The third kappa shape index (κ3) is 410. The first-order valence-electron chi connectivity index (χ1n) is 2.39. The van der Waals surface area contributed by atoms with Crippen LogP contribution in [0.5, 0.6) is 0 Å². The maximum absolute atomic E-state index is 5.01. The molecule has 46 radical (unpaired) electrons. The number of hydrogen-bond acceptors (Lipinski definition) is 1. The van der Waals surface area contributed by atoms with Gasteiger partial charge in [0.2, 0.25) is 0 Å². The molecule has 0 bridgehead atoms. The van der Waals surface area contributed by atoms with E-state index in [1.807, 2.05) is 0 Å². The van der Waals surface area contributed by atoms with Crippen molar-refractivity contribution in [2.75, 3.05) is 13.2 Å². The van der Waals surface area contributed by atoms with Crippen molar-refractivity contribution in [2.24, 2.45) is 0 Å². The summed E-state index contributed by atoms with van der Waals surface area (Å²) in [5.74, 6) is 0. The van der Waals surface area contributed by atoms with Gasteiger partial charge in [-0.05, 0) is 0 Å². The predicted molar refractivity (Wildman–Crippen MR) is 24.4 cm³/mol. The van der Waals surface area contributed by atoms with Crippen molar-refractivity contribution in [3.05, 3.63) is 6.42 Å². The zero-order valence-corrected chi connectivity index (χ0v) is 88.6. The largest absolute Gasteiger partial charge is 0.413 e. The van der Waals surface area contributed by atoms with Gasteiger partial charge in [0, 0.05) is 860 Å². The molecule has 0 spiro atoms. The van der Waals surface area contributed by atoms with Crippen LogP contribution in [-0.2, 0) is 858 Å². The van der Waals surface area contributed by atoms with Crippen LogP contribution in [0, 0.1) is 6.42 Å². The van der Waals surface area contributed by atoms with E-state index in [2.05, 4.69) is 6.42 Å². The monoisotopic (exact) mass is 2430 g/mol. The van der Waals surface area contributed by atoms with Crippen LogP contribution in [0.25, 0.3) is 0 Å². The first-order chi connectivity index (χ1) is 3.00. The van der Waals surface area contributed by atoms with Crippen LogP contribution >= 0.6 is 0 Å². The fraction of sp³-hybridized carbons (Fsp3) is 0.800. The van der Waals surface area contributed by atoms with Crippen LogP contribution in [0.3, 0.4) is 0 Å². The molecule has 1 heterocycles. The third-order valence-electron chi connectivity index (χ3n) is 0.933. The van der Waals surface area contributed by atoms with E-state index in [-0.39, 0.29) is 854 Å². The van der Waals surface area contributed by atoms with Gasteiger partial charge >= 0.3 is 0 Å². The Morgan fingerprint density at radius 2 is 0.308 bits per heavy atom. The Balaban J connectivity index is -0.000000000178. The molecule has 47 heteroatoms. The Labute approximate surface area is 867 Å². The summed E-state index contributed by atoms with van der Waals surface area (Å²) in [5, 5.41) is 0. The molecule has 1 saturated heterocycles. The standard InChI is InChI=1S/C5H9O.46V/c1-2-4-6-5-3-1;;;;;;;;;;;;;;;;;;;;;;;;;;;;;;;;;;;;;;;;;;;;;;/h2H,1,3-5H2;;;;;;;;;;;;;;;;;;;;;;;;;;;;;;;;;;;;;;;;;;;;;;/q-1;;;;;;;;;;;;;;;;;;;;;;;;;;;;;;;;;;;;;;;;;;;;;;. The van der Waals surface area contributed by atoms with E-state index in [9.17, 15) is 0 Å². The van der Waals surface area contributed by atoms with Crippen molar-refractivity contribution in [1.29, 1.82) is 0 Å². The molecule has 1 aliphatic heterocycles. The molecule has 0 amide bonds. The molecule has 1 nitrogen and oxygen atoms in total. The molecular weight excluding hydrogens is 2420 g/mol. The van der Waals surface area contributed by atoms with Gasteiger partial charge in [-0.2, -0.15) is 6.42 Å². The van der Waals surface area contributed by atoms with E-state index in [1.54, 1.807) is 0 Å². The summed E-state index contributed by atoms with van der Waals surface area (Å²) in [7, 11) is 0. The predicted octanol–water partition coefficient (Wildman–Crippen LogP) is 0.886. The van der Waals surface area contributed by atoms with Crippen LogP contribution < -0.4 is 0 Å². The topological polar surface area (TPSA) is 9.23 Å². The molecule has 0 unspecified atom stereocenters. The summed E-state index contributed by atoms with van der Waals surface area (Å²) in [4.78, 5) is 0. The fourth-order valence-corrected chi connectivity index (χ4v) is 0.580. The van der Waals surface area contributed by atoms with Crippen LogP contribution in [0.2, 0.25) is 0 Å². The number of rotatable bonds is 0. The Kier molecular flexibility index (Phi) is 3630. The minimum atomic E-state index is 0. The molecule has 0 aromatic heterocycles. The minimum Gasteiger partial charge on any atom is -0.413 e. The zero-order valence-electron chi connectivity index (χ0n) is 24.4. The normalized spacial score (nSPS) is 2.77. The minimum absolute atomic E-state index is 0. The average molecular weight is 2430 g/mol. The van der Waals surface area contributed by atoms with Gasteiger partial charge in [0.15, 0.2) is 0 Å². The number of ether oxygens (including phenoxy) is 1. The summed E-state index contributed by atoms with van der Waals surface area (Å²) in [6.45, 7) is 1.84. The van der Waals surface area contributed by atoms with E-state index < -0.39 is 0 Å². The zero-order chi connectivity index (χ0) is 4.24. The molecule has 0 N–H and O–H groups in total. The summed E-state index contributed by atoms with van der Waals surface area (Å²) in [6.07, 6.45) is 4.64. The summed E-state index contributed by atoms with van der Waals surface area (Å²) in [5.41, 5.74) is 0. The van der Waals surface area contributed by atoms with Crippen molar-refractivity contribution in [3.8, 4) is 0 Å². The average Bonchev–Trinajstić information content (AvgIpc) is 1.72. The molecule has 52 heavy (non-hydrogen) atoms. The van der Waals surface area contributed by atoms with E-state index in [0.717, 1.165) is 13.2 Å². The van der Waals surface area contributed by atoms with E-state index in [4.69, 9.17) is 4.74 Å². The quantitative estimate of drug-likeness (QED) is 0.328. The van der Waals surface area contributed by atoms with Gasteiger partial charge in [-0.25, -0.2) is 0 Å². The van der Waals surface area contributed by atoms with Crippen molar-refractivity contribution in [3.63, 3.8) is 0 Å². The van der Waals surface area contributed by atoms with Gasteiger partial charge < -0.3 is 11.2 Å². The second-order valence-corrected chi connectivity index (χ2v) is 1.51. The Bertz CT molecular complexity index is 46.2. The first kappa shape index (κ1) is 443. The maximum atomic E-state index is 5.01. The van der Waals surface area contributed by atoms with Crippen molar-refractivity contribution in [2.45, 2.75) is 12.8 Å². The molecule has 0 aromatic rings. The van der Waals surface area contributed by atoms with E-state index in [0.29, 0.717) is 0 Å². The SMILES string of the molecule is [CH-]1CCCOC1.[V].[V].[V].[V].[V].[V].[V].[V].[V].[V].[V].[V].[V].[V].[V].[V].[V].[V].[V].[V].[V].[V].[V].[V].[V].[V].[V].[V].[V].[V].[V].[V].[V].[V].[V].[V].[V].[V].[V].[V].[V].[V].[V].[V].[V].[V]. The van der Waals surface area contributed by atoms with Gasteiger partial charge in [0.1, 0.15) is 0 Å². The molecule has 1 aliphatic rings. The van der Waals surface area contributed by atoms with Gasteiger partial charge in [-0.15, -0.1) is 0 Å². The summed E-state index contributed by atoms with van der Waals surface area (Å²) in [6, 6.07) is 0. The van der Waals surface area contributed by atoms with Crippen molar-refractivity contribution in [1.82, 2.24) is 0 Å². The Morgan fingerprint density at radius 3 is 0.327 bits per heavy atom. The number of hydrogen-bond donors (Lipinski definition) is 0. The molecule has 1 fully saturated rings. The smallest absolute Gasteiger partial charge is 0.0406 e. The molecule has 0 aliphatic carbocycles. The molecule has 0 atom stereocenters. The van der Waals surface area contributed by atoms with E-state index >= 15 is 0 Å². The first-order valence-corrected chi connectivity index (χ1v) is 2.39. The van der Waals surface area contributed by atoms with Gasteiger partial charge in [-0.3, -0.25) is 0 Å². The molecule has 266 valence electrons. The fourth-order valence-electron chi connectivity index (χ4n) is 0.580. The maximum Gasteiger partial charge on any atom is 0.0406 e. The van der Waals surface area contributed by atoms with Gasteiger partial charge in [0.05, 0.1) is 0 Å². The van der Waals surface area contributed by atoms with Crippen LogP contribution in [0.4, 0.5) is 0 Å². The molecule has 0 saturated carbocycles. The summed E-state index contributed by atoms with van der Waals surface area (Å²) < 4.78 is 5.01. The van der Waals surface area contributed by atoms with Crippen molar-refractivity contribution >= 4 is 0 Å². The van der Waals surface area contributed by atoms with Crippen LogP contribution in [0.15, 0.2) is 0 Å². The van der Waals surface area contributed by atoms with E-state index in [1.165, 1.54) is 12.8 Å². The Hall–Kier alpha value is 26.8. The van der Waals surface area contributed by atoms with Crippen LogP contribution in [-0.4, -0.2) is 13.2 Å². The Morgan fingerprint density at radius 1 is 0.192 bits per heavy atom. The van der Waals surface area contributed by atoms with Crippen molar-refractivity contribution < 1.29 is 858 Å². The van der Waals surface area contributed by atoms with Gasteiger partial charge in [0.25, 0.3) is 0 Å². The molecular formula is C5H9OV46-. The second-order valence-electron chi connectivity index (χ2n) is 1.51. The van der Waals surface area contributed by atoms with Crippen LogP contribution in [0.1, 0.15) is 12.8 Å². The third-order valence-corrected chi connectivity index (χ3v) is 0.933. The molecule has 0 aromatic carbocycles. The second kappa shape index (κ2) is 426.